The van der Waals surface area contributed by atoms with Crippen LogP contribution in [0.3, 0.4) is 0 Å². The lowest BCUT2D eigenvalue weighted by atomic mass is 10.1. The molecule has 0 aliphatic carbocycles. The topological polar surface area (TPSA) is 64.3 Å². The van der Waals surface area contributed by atoms with Crippen LogP contribution in [0.25, 0.3) is 0 Å². The second kappa shape index (κ2) is 4.44. The normalized spacial score (nSPS) is 11.1. The summed E-state index contributed by atoms with van der Waals surface area (Å²) in [6.45, 7) is 3.38. The van der Waals surface area contributed by atoms with E-state index >= 15 is 0 Å². The molecule has 0 radical (unpaired) electrons. The maximum absolute atomic E-state index is 13.1. The van der Waals surface area contributed by atoms with E-state index in [0.717, 1.165) is 5.56 Å². The Labute approximate surface area is 91.4 Å². The highest BCUT2D eigenvalue weighted by atomic mass is 19.3. The predicted molar refractivity (Wildman–Crippen MR) is 53.8 cm³/mol. The lowest BCUT2D eigenvalue weighted by molar-refractivity contribution is -0.193. The molecule has 0 saturated carbocycles. The number of alkyl halides is 2. The Morgan fingerprint density at radius 2 is 2.06 bits per heavy atom. The first-order chi connectivity index (χ1) is 7.38. The number of carbonyl (C=O) groups is 1. The number of nitrogens with one attached hydrogen (secondary N) is 1. The van der Waals surface area contributed by atoms with Crippen LogP contribution in [-0.2, 0) is 4.79 Å². The Bertz CT molecular complexity index is 408. The van der Waals surface area contributed by atoms with E-state index in [4.69, 9.17) is 0 Å². The van der Waals surface area contributed by atoms with Gasteiger partial charge in [0.2, 0.25) is 0 Å². The second-order valence-electron chi connectivity index (χ2n) is 3.29. The average Bonchev–Trinajstić information content (AvgIpc) is 2.23. The summed E-state index contributed by atoms with van der Waals surface area (Å²) in [4.78, 5) is 10.7. The lowest BCUT2D eigenvalue weighted by Gasteiger charge is -2.17. The number of nitrogens with two attached hydrogens (primary N) is 1. The molecule has 16 heavy (non-hydrogen) atoms. The third-order valence-electron chi connectivity index (χ3n) is 2.19. The first-order valence-corrected chi connectivity index (χ1v) is 4.52. The Balaban J connectivity index is 2.96. The van der Waals surface area contributed by atoms with Crippen LogP contribution < -0.4 is 16.0 Å². The van der Waals surface area contributed by atoms with Gasteiger partial charge in [-0.1, -0.05) is 12.1 Å². The molecule has 0 aliphatic rings. The van der Waals surface area contributed by atoms with Crippen LogP contribution in [-0.4, -0.2) is 12.0 Å². The van der Waals surface area contributed by atoms with Crippen molar-refractivity contribution < 1.29 is 18.3 Å². The molecule has 0 saturated heterocycles. The number of hydrazine groups is 1. The van der Waals surface area contributed by atoms with Gasteiger partial charge in [-0.15, -0.1) is 0 Å². The van der Waals surface area contributed by atoms with E-state index in [9.17, 15) is 13.6 Å². The van der Waals surface area contributed by atoms with Crippen LogP contribution >= 0.6 is 0 Å². The molecule has 0 unspecified atom stereocenters. The third-order valence-corrected chi connectivity index (χ3v) is 2.19. The number of hydrogen-bond donors (Lipinski definition) is 2. The fourth-order valence-electron chi connectivity index (χ4n) is 1.10. The molecule has 0 heterocycles. The van der Waals surface area contributed by atoms with Crippen molar-refractivity contribution >= 4 is 5.91 Å². The molecule has 1 aromatic carbocycles. The van der Waals surface area contributed by atoms with Gasteiger partial charge in [-0.2, -0.15) is 8.78 Å². The lowest BCUT2D eigenvalue weighted by Crippen LogP contribution is -2.47. The summed E-state index contributed by atoms with van der Waals surface area (Å²) in [6, 6.07) is 4.68. The highest BCUT2D eigenvalue weighted by Crippen LogP contribution is 2.26. The van der Waals surface area contributed by atoms with Crippen LogP contribution in [0.5, 0.6) is 5.75 Å². The van der Waals surface area contributed by atoms with Gasteiger partial charge in [0.1, 0.15) is 5.75 Å². The minimum absolute atomic E-state index is 0.0476. The zero-order valence-corrected chi connectivity index (χ0v) is 8.88. The summed E-state index contributed by atoms with van der Waals surface area (Å²) in [5.41, 5.74) is 2.69. The number of carbonyl (C=O) groups excluding carboxylic acids is 1. The standard InChI is InChI=1S/C10H12F2N2O2/c1-6-4-3-5-8(7(6)2)16-10(11,12)9(15)14-13/h3-5H,13H2,1-2H3,(H,14,15). The third kappa shape index (κ3) is 2.46. The number of halogens is 2. The van der Waals surface area contributed by atoms with Crippen LogP contribution in [0, 0.1) is 13.8 Å². The van der Waals surface area contributed by atoms with E-state index in [1.54, 1.807) is 26.0 Å². The van der Waals surface area contributed by atoms with Crippen LogP contribution in [0.1, 0.15) is 11.1 Å². The molecule has 88 valence electrons. The number of ether oxygens (including phenoxy) is 1. The Morgan fingerprint density at radius 1 is 1.44 bits per heavy atom. The summed E-state index contributed by atoms with van der Waals surface area (Å²) in [5, 5.41) is 0. The molecule has 0 atom stereocenters. The maximum Gasteiger partial charge on any atom is 0.483 e. The van der Waals surface area contributed by atoms with E-state index in [2.05, 4.69) is 10.6 Å². The van der Waals surface area contributed by atoms with Gasteiger partial charge in [0.05, 0.1) is 0 Å². The van der Waals surface area contributed by atoms with E-state index in [1.807, 2.05) is 0 Å². The minimum Gasteiger partial charge on any atom is -0.425 e. The fraction of sp³-hybridized carbons (Fsp3) is 0.300. The Morgan fingerprint density at radius 3 is 2.62 bits per heavy atom. The molecule has 1 aromatic rings. The summed E-state index contributed by atoms with van der Waals surface area (Å²) in [7, 11) is 0. The number of benzene rings is 1. The van der Waals surface area contributed by atoms with Gasteiger partial charge >= 0.3 is 12.0 Å². The summed E-state index contributed by atoms with van der Waals surface area (Å²) < 4.78 is 30.5. The molecule has 4 nitrogen and oxygen atoms in total. The molecule has 6 heteroatoms. The Hall–Kier alpha value is -1.69. The fourth-order valence-corrected chi connectivity index (χ4v) is 1.10. The van der Waals surface area contributed by atoms with E-state index in [0.29, 0.717) is 5.56 Å². The van der Waals surface area contributed by atoms with Crippen LogP contribution in [0.2, 0.25) is 0 Å². The van der Waals surface area contributed by atoms with E-state index < -0.39 is 12.0 Å². The quantitative estimate of drug-likeness (QED) is 0.467. The number of aryl methyl sites for hydroxylation is 1. The largest absolute Gasteiger partial charge is 0.483 e. The highest BCUT2D eigenvalue weighted by Gasteiger charge is 2.42. The molecular weight excluding hydrogens is 218 g/mol. The first kappa shape index (κ1) is 12.4. The molecular formula is C10H12F2N2O2. The highest BCUT2D eigenvalue weighted by molar-refractivity contribution is 5.81. The van der Waals surface area contributed by atoms with Gasteiger partial charge in [0.15, 0.2) is 0 Å². The summed E-state index contributed by atoms with van der Waals surface area (Å²) in [5.74, 6) is 2.89. The van der Waals surface area contributed by atoms with Gasteiger partial charge in [0.25, 0.3) is 0 Å². The number of rotatable bonds is 3. The van der Waals surface area contributed by atoms with Gasteiger partial charge < -0.3 is 4.74 Å². The SMILES string of the molecule is Cc1cccc(OC(F)(F)C(=O)NN)c1C. The van der Waals surface area contributed by atoms with Crippen molar-refractivity contribution in [3.05, 3.63) is 29.3 Å². The van der Waals surface area contributed by atoms with Gasteiger partial charge in [-0.25, -0.2) is 5.84 Å². The zero-order valence-electron chi connectivity index (χ0n) is 8.88. The monoisotopic (exact) mass is 230 g/mol. The number of amides is 1. The van der Waals surface area contributed by atoms with Crippen molar-refractivity contribution in [2.45, 2.75) is 20.0 Å². The van der Waals surface area contributed by atoms with Crippen molar-refractivity contribution in [3.8, 4) is 5.75 Å². The maximum atomic E-state index is 13.1. The van der Waals surface area contributed by atoms with Gasteiger partial charge in [0, 0.05) is 0 Å². The molecule has 0 aliphatic heterocycles. The van der Waals surface area contributed by atoms with Crippen LogP contribution in [0.15, 0.2) is 18.2 Å². The molecule has 0 aromatic heterocycles. The smallest absolute Gasteiger partial charge is 0.425 e. The Kier molecular flexibility index (Phi) is 3.44. The predicted octanol–water partition coefficient (Wildman–Crippen LogP) is 1.26. The minimum atomic E-state index is -3.98. The van der Waals surface area contributed by atoms with E-state index in [1.165, 1.54) is 11.5 Å². The van der Waals surface area contributed by atoms with Crippen molar-refractivity contribution in [1.82, 2.24) is 5.43 Å². The summed E-state index contributed by atoms with van der Waals surface area (Å²) >= 11 is 0. The molecule has 1 rings (SSSR count). The van der Waals surface area contributed by atoms with Crippen molar-refractivity contribution in [2.24, 2.45) is 5.84 Å². The number of hydrogen-bond acceptors (Lipinski definition) is 3. The molecule has 0 fully saturated rings. The summed E-state index contributed by atoms with van der Waals surface area (Å²) in [6.07, 6.45) is -3.98. The first-order valence-electron chi connectivity index (χ1n) is 4.52. The van der Waals surface area contributed by atoms with E-state index in [-0.39, 0.29) is 5.75 Å². The second-order valence-corrected chi connectivity index (χ2v) is 3.29. The van der Waals surface area contributed by atoms with Gasteiger partial charge in [-0.3, -0.25) is 10.2 Å². The average molecular weight is 230 g/mol. The molecule has 1 amide bonds. The van der Waals surface area contributed by atoms with Crippen molar-refractivity contribution in [3.63, 3.8) is 0 Å². The van der Waals surface area contributed by atoms with Crippen LogP contribution in [0.4, 0.5) is 8.78 Å². The van der Waals surface area contributed by atoms with Crippen molar-refractivity contribution in [1.29, 1.82) is 0 Å². The van der Waals surface area contributed by atoms with Crippen molar-refractivity contribution in [2.75, 3.05) is 0 Å². The van der Waals surface area contributed by atoms with Gasteiger partial charge in [-0.05, 0) is 31.0 Å². The molecule has 0 bridgehead atoms. The molecule has 3 N–H and O–H groups in total. The molecule has 0 spiro atoms. The zero-order chi connectivity index (χ0) is 12.3.